The zero-order chi connectivity index (χ0) is 13.3. The van der Waals surface area contributed by atoms with E-state index in [1.165, 1.54) is 6.08 Å². The summed E-state index contributed by atoms with van der Waals surface area (Å²) in [5, 5.41) is 0. The molecule has 3 nitrogen and oxygen atoms in total. The van der Waals surface area contributed by atoms with E-state index < -0.39 is 11.6 Å². The fourth-order valence-corrected chi connectivity index (χ4v) is 2.11. The van der Waals surface area contributed by atoms with Crippen LogP contribution < -0.4 is 4.74 Å². The monoisotopic (exact) mass is 242 g/mol. The third-order valence-corrected chi connectivity index (χ3v) is 2.83. The van der Waals surface area contributed by atoms with Gasteiger partial charge >= 0.3 is 0 Å². The summed E-state index contributed by atoms with van der Waals surface area (Å²) in [7, 11) is 1.55. The van der Waals surface area contributed by atoms with E-state index in [4.69, 9.17) is 4.74 Å². The van der Waals surface area contributed by atoms with Crippen molar-refractivity contribution in [2.75, 3.05) is 7.11 Å². The molecule has 0 amide bonds. The first-order chi connectivity index (χ1) is 8.54. The number of methoxy groups -OCH3 is 1. The highest BCUT2D eigenvalue weighted by Crippen LogP contribution is 2.36. The number of rotatable bonds is 3. The zero-order valence-electron chi connectivity index (χ0n) is 10.4. The van der Waals surface area contributed by atoms with Crippen LogP contribution >= 0.6 is 0 Å². The maximum absolute atomic E-state index is 11.8. The summed E-state index contributed by atoms with van der Waals surface area (Å²) in [6.07, 6.45) is 1.95. The molecule has 0 radical (unpaired) electrons. The maximum Gasteiger partial charge on any atom is 0.233 e. The van der Waals surface area contributed by atoms with Crippen molar-refractivity contribution < 1.29 is 14.3 Å². The predicted octanol–water partition coefficient (Wildman–Crippen LogP) is 2.81. The molecule has 0 heterocycles. The molecule has 0 atom stereocenters. The van der Waals surface area contributed by atoms with Crippen LogP contribution in [0.5, 0.6) is 5.75 Å². The second-order valence-electron chi connectivity index (χ2n) is 4.38. The van der Waals surface area contributed by atoms with Gasteiger partial charge in [0.15, 0.2) is 0 Å². The third-order valence-electron chi connectivity index (χ3n) is 2.83. The molecular formula is C15H14O3. The standard InChI is InChI=1S/C15H14O3/c1-9(2)7-10-8-12(16)15(17)11-5-4-6-13(18-3)14(10)11/h4-6,8H,1,7H2,2-3H3. The number of carbonyl (C=O) groups is 2. The van der Waals surface area contributed by atoms with Crippen LogP contribution in [0.15, 0.2) is 36.4 Å². The normalized spacial score (nSPS) is 14.0. The predicted molar refractivity (Wildman–Crippen MR) is 69.7 cm³/mol. The molecule has 1 aliphatic rings. The van der Waals surface area contributed by atoms with Crippen molar-refractivity contribution >= 4 is 17.1 Å². The molecule has 2 rings (SSSR count). The maximum atomic E-state index is 11.8. The van der Waals surface area contributed by atoms with E-state index in [9.17, 15) is 9.59 Å². The van der Waals surface area contributed by atoms with Crippen molar-refractivity contribution in [3.05, 3.63) is 47.6 Å². The minimum atomic E-state index is -0.480. The van der Waals surface area contributed by atoms with Crippen LogP contribution in [0.2, 0.25) is 0 Å². The topological polar surface area (TPSA) is 43.4 Å². The lowest BCUT2D eigenvalue weighted by Gasteiger charge is -2.19. The molecule has 0 N–H and O–H groups in total. The molecule has 0 aliphatic heterocycles. The Morgan fingerprint density at radius 2 is 2.06 bits per heavy atom. The van der Waals surface area contributed by atoms with Gasteiger partial charge in [-0.1, -0.05) is 24.3 Å². The minimum Gasteiger partial charge on any atom is -0.496 e. The Hall–Kier alpha value is -2.16. The molecular weight excluding hydrogens is 228 g/mol. The Bertz CT molecular complexity index is 579. The lowest BCUT2D eigenvalue weighted by Crippen LogP contribution is -2.19. The van der Waals surface area contributed by atoms with Crippen molar-refractivity contribution in [3.8, 4) is 5.75 Å². The Morgan fingerprint density at radius 1 is 1.33 bits per heavy atom. The Labute approximate surface area is 106 Å². The van der Waals surface area contributed by atoms with Gasteiger partial charge in [0.25, 0.3) is 0 Å². The molecule has 0 saturated heterocycles. The van der Waals surface area contributed by atoms with Crippen molar-refractivity contribution in [2.45, 2.75) is 13.3 Å². The Balaban J connectivity index is 2.65. The summed E-state index contributed by atoms with van der Waals surface area (Å²) in [6, 6.07) is 5.16. The highest BCUT2D eigenvalue weighted by molar-refractivity contribution is 6.50. The number of hydrogen-bond acceptors (Lipinski definition) is 3. The van der Waals surface area contributed by atoms with Crippen LogP contribution in [0.4, 0.5) is 0 Å². The van der Waals surface area contributed by atoms with Gasteiger partial charge in [-0.2, -0.15) is 0 Å². The summed E-state index contributed by atoms with van der Waals surface area (Å²) < 4.78 is 5.27. The van der Waals surface area contributed by atoms with Crippen LogP contribution in [0.3, 0.4) is 0 Å². The number of allylic oxidation sites excluding steroid dienone is 3. The van der Waals surface area contributed by atoms with E-state index >= 15 is 0 Å². The van der Waals surface area contributed by atoms with Gasteiger partial charge in [0.1, 0.15) is 5.75 Å². The quantitative estimate of drug-likeness (QED) is 0.604. The summed E-state index contributed by atoms with van der Waals surface area (Å²) in [5.74, 6) is -0.345. The van der Waals surface area contributed by atoms with Gasteiger partial charge in [0, 0.05) is 11.1 Å². The van der Waals surface area contributed by atoms with E-state index in [1.54, 1.807) is 25.3 Å². The Morgan fingerprint density at radius 3 is 2.67 bits per heavy atom. The van der Waals surface area contributed by atoms with E-state index in [-0.39, 0.29) is 0 Å². The van der Waals surface area contributed by atoms with E-state index in [0.717, 1.165) is 11.1 Å². The van der Waals surface area contributed by atoms with Crippen LogP contribution in [0.25, 0.3) is 5.57 Å². The molecule has 0 bridgehead atoms. The van der Waals surface area contributed by atoms with Crippen molar-refractivity contribution in [3.63, 3.8) is 0 Å². The first-order valence-corrected chi connectivity index (χ1v) is 5.65. The van der Waals surface area contributed by atoms with E-state index in [1.807, 2.05) is 6.92 Å². The van der Waals surface area contributed by atoms with Crippen molar-refractivity contribution in [1.82, 2.24) is 0 Å². The van der Waals surface area contributed by atoms with Crippen LogP contribution in [-0.2, 0) is 4.79 Å². The third kappa shape index (κ3) is 1.99. The summed E-state index contributed by atoms with van der Waals surface area (Å²) in [5.41, 5.74) is 2.85. The highest BCUT2D eigenvalue weighted by Gasteiger charge is 2.27. The second kappa shape index (κ2) is 4.61. The number of hydrogen-bond donors (Lipinski definition) is 0. The summed E-state index contributed by atoms with van der Waals surface area (Å²) >= 11 is 0. The average Bonchev–Trinajstić information content (AvgIpc) is 2.34. The van der Waals surface area contributed by atoms with Gasteiger partial charge in [-0.3, -0.25) is 9.59 Å². The number of fused-ring (bicyclic) bond motifs is 1. The van der Waals surface area contributed by atoms with Gasteiger partial charge in [-0.25, -0.2) is 0 Å². The summed E-state index contributed by atoms with van der Waals surface area (Å²) in [4.78, 5) is 23.5. The molecule has 3 heteroatoms. The molecule has 0 fully saturated rings. The van der Waals surface area contributed by atoms with Crippen LogP contribution in [0.1, 0.15) is 29.3 Å². The molecule has 0 aromatic heterocycles. The molecule has 0 spiro atoms. The van der Waals surface area contributed by atoms with Gasteiger partial charge in [0.2, 0.25) is 11.6 Å². The molecule has 1 aromatic rings. The number of carbonyl (C=O) groups excluding carboxylic acids is 2. The molecule has 1 aliphatic carbocycles. The SMILES string of the molecule is C=C(C)CC1=CC(=O)C(=O)c2cccc(OC)c21. The van der Waals surface area contributed by atoms with Gasteiger partial charge < -0.3 is 4.74 Å². The lowest BCUT2D eigenvalue weighted by atomic mass is 9.86. The van der Waals surface area contributed by atoms with Gasteiger partial charge in [-0.05, 0) is 31.1 Å². The van der Waals surface area contributed by atoms with Crippen LogP contribution in [-0.4, -0.2) is 18.7 Å². The zero-order valence-corrected chi connectivity index (χ0v) is 10.4. The lowest BCUT2D eigenvalue weighted by molar-refractivity contribution is -0.111. The van der Waals surface area contributed by atoms with Crippen LogP contribution in [0, 0.1) is 0 Å². The van der Waals surface area contributed by atoms with E-state index in [2.05, 4.69) is 6.58 Å². The number of Topliss-reactive ketones (excluding diaryl/α,β-unsaturated/α-hetero) is 1. The first kappa shape index (κ1) is 12.3. The molecule has 18 heavy (non-hydrogen) atoms. The van der Waals surface area contributed by atoms with E-state index in [0.29, 0.717) is 23.3 Å². The number of ketones is 2. The molecule has 0 saturated carbocycles. The molecule has 92 valence electrons. The summed E-state index contributed by atoms with van der Waals surface area (Å²) in [6.45, 7) is 5.73. The largest absolute Gasteiger partial charge is 0.496 e. The van der Waals surface area contributed by atoms with Crippen molar-refractivity contribution in [1.29, 1.82) is 0 Å². The fraction of sp³-hybridized carbons (Fsp3) is 0.200. The second-order valence-corrected chi connectivity index (χ2v) is 4.38. The van der Waals surface area contributed by atoms with Gasteiger partial charge in [-0.15, -0.1) is 0 Å². The van der Waals surface area contributed by atoms with Crippen molar-refractivity contribution in [2.24, 2.45) is 0 Å². The minimum absolute atomic E-state index is 0.415. The smallest absolute Gasteiger partial charge is 0.233 e. The van der Waals surface area contributed by atoms with Gasteiger partial charge in [0.05, 0.1) is 7.11 Å². The highest BCUT2D eigenvalue weighted by atomic mass is 16.5. The number of ether oxygens (including phenoxy) is 1. The Kier molecular flexibility index (Phi) is 3.15. The number of benzene rings is 1. The fourth-order valence-electron chi connectivity index (χ4n) is 2.11. The first-order valence-electron chi connectivity index (χ1n) is 5.65. The average molecular weight is 242 g/mol. The molecule has 0 unspecified atom stereocenters. The molecule has 1 aromatic carbocycles.